The number of hydrogen-bond donors (Lipinski definition) is 5. The number of rotatable bonds is 4. The van der Waals surface area contributed by atoms with Crippen molar-refractivity contribution in [3.05, 3.63) is 36.2 Å². The average molecular weight is 521 g/mol. The molecule has 4 rings (SSSR count). The van der Waals surface area contributed by atoms with E-state index in [0.29, 0.717) is 29.2 Å². The topological polar surface area (TPSA) is 171 Å². The molecule has 1 fully saturated rings. The molecule has 0 saturated carbocycles. The number of aryl methyl sites for hydroxylation is 1. The van der Waals surface area contributed by atoms with Gasteiger partial charge in [-0.25, -0.2) is 0 Å². The van der Waals surface area contributed by atoms with Gasteiger partial charge in [-0.2, -0.15) is 0 Å². The Bertz CT molecular complexity index is 1240. The van der Waals surface area contributed by atoms with Gasteiger partial charge in [0.05, 0.1) is 6.61 Å². The van der Waals surface area contributed by atoms with Gasteiger partial charge >= 0.3 is 145 Å². The number of anilines is 1. The molecule has 2 heterocycles. The summed E-state index contributed by atoms with van der Waals surface area (Å²) in [5.41, 5.74) is 1.22. The number of nitrogens with zero attached hydrogens (tertiary/aromatic N) is 1. The summed E-state index contributed by atoms with van der Waals surface area (Å²) in [5, 5.41) is 15.7. The smallest absolute Gasteiger partial charge is 0.172 e. The molecule has 1 unspecified atom stereocenters. The van der Waals surface area contributed by atoms with Gasteiger partial charge in [-0.15, -0.1) is 0 Å². The zero-order valence-electron chi connectivity index (χ0n) is 18.2. The van der Waals surface area contributed by atoms with E-state index in [1.165, 1.54) is 13.0 Å². The predicted molar refractivity (Wildman–Crippen MR) is 119 cm³/mol. The molecule has 176 valence electrons. The molecule has 1 aliphatic heterocycles. The number of fused-ring (bicyclic) bond motifs is 1. The van der Waals surface area contributed by atoms with Crippen LogP contribution in [-0.2, 0) is 18.1 Å². The Balaban J connectivity index is 0.000000323. The number of ether oxygens (including phenoxy) is 1. The van der Waals surface area contributed by atoms with E-state index in [9.17, 15) is 26.6 Å². The third kappa shape index (κ3) is 5.89. The maximum Gasteiger partial charge on any atom is 0.172 e. The van der Waals surface area contributed by atoms with Crippen LogP contribution in [0.25, 0.3) is 22.2 Å². The van der Waals surface area contributed by atoms with Gasteiger partial charge in [0.2, 0.25) is 0 Å². The molecular formula is C21H24AsN3O8. The number of hydrogen-bond acceptors (Lipinski definition) is 8. The Morgan fingerprint density at radius 1 is 1.30 bits per heavy atom. The second-order valence-electron chi connectivity index (χ2n) is 7.53. The normalized spacial score (nSPS) is 18.0. The van der Waals surface area contributed by atoms with Crippen LogP contribution >= 0.6 is 0 Å². The van der Waals surface area contributed by atoms with E-state index < -0.39 is 35.9 Å². The summed E-state index contributed by atoms with van der Waals surface area (Å²) in [6.45, 7) is 6.10. The number of phenols is 1. The van der Waals surface area contributed by atoms with Gasteiger partial charge in [0.25, 0.3) is 0 Å². The predicted octanol–water partition coefficient (Wildman–Crippen LogP) is 0.550. The van der Waals surface area contributed by atoms with Crippen molar-refractivity contribution in [2.24, 2.45) is 0 Å². The van der Waals surface area contributed by atoms with Crippen LogP contribution in [0.15, 0.2) is 34.7 Å². The van der Waals surface area contributed by atoms with Crippen molar-refractivity contribution in [2.45, 2.75) is 26.5 Å². The van der Waals surface area contributed by atoms with Gasteiger partial charge in [0, 0.05) is 6.54 Å². The summed E-state index contributed by atoms with van der Waals surface area (Å²) in [4.78, 5) is 25.6. The summed E-state index contributed by atoms with van der Waals surface area (Å²) in [6, 6.07) is 7.45. The quantitative estimate of drug-likeness (QED) is 0.186. The molecule has 3 aromatic rings. The maximum absolute atomic E-state index is 11.7. The molecule has 2 aromatic carbocycles. The van der Waals surface area contributed by atoms with Crippen LogP contribution in [0.5, 0.6) is 5.75 Å². The standard InChI is InChI=1S/C16H15AsN2O6.C5H9NO2/c1-8(20)18-11-6-12(16(21)13(7-11)17(22,23)24)10-3-4-14-15(5-10)25-9(2)19-14;1-5(4-7)6-2-3-8-5/h3-7,21H,1-2H3,(H,18,20)(H2,22,23,24);4,6H,2-3H2,1H3. The van der Waals surface area contributed by atoms with Crippen molar-refractivity contribution >= 4 is 47.5 Å². The van der Waals surface area contributed by atoms with E-state index in [1.54, 1.807) is 32.0 Å². The number of benzene rings is 2. The Morgan fingerprint density at radius 3 is 2.58 bits per heavy atom. The number of carbonyl (C=O) groups excluding carboxylic acids is 2. The molecule has 5 N–H and O–H groups in total. The van der Waals surface area contributed by atoms with Crippen molar-refractivity contribution in [3.63, 3.8) is 0 Å². The largest absolute Gasteiger partial charge is 0.352 e. The molecule has 11 nitrogen and oxygen atoms in total. The number of aromatic hydroxyl groups is 1. The first kappa shape index (κ1) is 24.7. The van der Waals surface area contributed by atoms with Gasteiger partial charge in [-0.1, -0.05) is 0 Å². The number of phenolic OH excluding ortho intramolecular Hbond substituents is 1. The first-order chi connectivity index (χ1) is 15.4. The fourth-order valence-electron chi connectivity index (χ4n) is 3.23. The third-order valence-corrected chi connectivity index (χ3v) is 6.77. The Hall–Kier alpha value is -2.95. The van der Waals surface area contributed by atoms with Gasteiger partial charge in [-0.3, -0.25) is 10.1 Å². The van der Waals surface area contributed by atoms with Crippen LogP contribution < -0.4 is 15.0 Å². The Labute approximate surface area is 191 Å². The number of aldehydes is 1. The second kappa shape index (κ2) is 9.50. The van der Waals surface area contributed by atoms with Crippen LogP contribution in [0.4, 0.5) is 5.69 Å². The number of amides is 1. The zero-order valence-corrected chi connectivity index (χ0v) is 20.0. The number of oxazole rings is 1. The molecule has 1 atom stereocenters. The van der Waals surface area contributed by atoms with E-state index in [4.69, 9.17) is 9.15 Å². The number of carbonyl (C=O) groups is 2. The molecular weight excluding hydrogens is 497 g/mol. The second-order valence-corrected chi connectivity index (χ2v) is 10.8. The van der Waals surface area contributed by atoms with E-state index in [0.717, 1.165) is 18.9 Å². The molecule has 0 spiro atoms. The van der Waals surface area contributed by atoms with Crippen molar-refractivity contribution in [1.82, 2.24) is 10.3 Å². The SMILES string of the molecule is CC(=O)Nc1cc(-c2ccc3nc(C)oc3c2)c(O)c([As](=O)(O)O)c1.CC1(C=O)NCCO1. The van der Waals surface area contributed by atoms with Crippen LogP contribution in [0, 0.1) is 6.92 Å². The van der Waals surface area contributed by atoms with Crippen molar-refractivity contribution < 1.29 is 35.8 Å². The average Bonchev–Trinajstić information content (AvgIpc) is 3.33. The Morgan fingerprint density at radius 2 is 2.03 bits per heavy atom. The minimum absolute atomic E-state index is 0.168. The van der Waals surface area contributed by atoms with Crippen molar-refractivity contribution in [2.75, 3.05) is 18.5 Å². The van der Waals surface area contributed by atoms with E-state index in [1.807, 2.05) is 0 Å². The van der Waals surface area contributed by atoms with Crippen LogP contribution in [0.3, 0.4) is 0 Å². The summed E-state index contributed by atoms with van der Waals surface area (Å²) < 4.78 is 40.8. The third-order valence-electron chi connectivity index (χ3n) is 4.74. The van der Waals surface area contributed by atoms with Crippen molar-refractivity contribution in [1.29, 1.82) is 0 Å². The maximum atomic E-state index is 11.7. The van der Waals surface area contributed by atoms with Crippen LogP contribution in [0.1, 0.15) is 19.7 Å². The zero-order chi connectivity index (χ0) is 24.4. The van der Waals surface area contributed by atoms with Gasteiger partial charge in [0.15, 0.2) is 12.0 Å². The minimum atomic E-state index is -5.43. The molecule has 0 bridgehead atoms. The fraction of sp³-hybridized carbons (Fsp3) is 0.286. The molecule has 0 aliphatic carbocycles. The van der Waals surface area contributed by atoms with E-state index in [2.05, 4.69) is 15.6 Å². The minimum Gasteiger partial charge on any atom is -0.352 e. The number of nitrogens with one attached hydrogen (secondary N) is 2. The molecule has 1 aliphatic rings. The monoisotopic (exact) mass is 521 g/mol. The summed E-state index contributed by atoms with van der Waals surface area (Å²) in [6.07, 6.45) is 0.778. The summed E-state index contributed by atoms with van der Waals surface area (Å²) >= 11 is -5.43. The van der Waals surface area contributed by atoms with Gasteiger partial charge in [-0.05, 0) is 6.92 Å². The van der Waals surface area contributed by atoms with E-state index in [-0.39, 0.29) is 11.3 Å². The van der Waals surface area contributed by atoms with E-state index >= 15 is 0 Å². The van der Waals surface area contributed by atoms with Gasteiger partial charge in [0.1, 0.15) is 0 Å². The van der Waals surface area contributed by atoms with Crippen molar-refractivity contribution in [3.8, 4) is 16.9 Å². The van der Waals surface area contributed by atoms with Crippen LogP contribution in [-0.4, -0.2) is 63.5 Å². The summed E-state index contributed by atoms with van der Waals surface area (Å²) in [7, 11) is 0. The molecule has 1 amide bonds. The fourth-order valence-corrected chi connectivity index (χ4v) is 4.71. The Kier molecular flexibility index (Phi) is 7.11. The molecule has 1 aromatic heterocycles. The molecule has 1 saturated heterocycles. The first-order valence-corrected chi connectivity index (χ1v) is 13.2. The molecule has 33 heavy (non-hydrogen) atoms. The van der Waals surface area contributed by atoms with Crippen LogP contribution in [0.2, 0.25) is 0 Å². The summed E-state index contributed by atoms with van der Waals surface area (Å²) in [5.74, 6) is -0.457. The first-order valence-electron chi connectivity index (χ1n) is 9.85. The van der Waals surface area contributed by atoms with Gasteiger partial charge < -0.3 is 4.74 Å². The molecule has 0 radical (unpaired) electrons. The molecule has 12 heteroatoms. The number of aromatic nitrogens is 1.